The van der Waals surface area contributed by atoms with Crippen molar-refractivity contribution in [2.45, 2.75) is 25.9 Å². The monoisotopic (exact) mass is 406 g/mol. The summed E-state index contributed by atoms with van der Waals surface area (Å²) in [6, 6.07) is 15.7. The Kier molecular flexibility index (Phi) is 6.69. The Morgan fingerprint density at radius 1 is 1.04 bits per heavy atom. The third-order valence-electron chi connectivity index (χ3n) is 5.77. The number of hydrogen-bond acceptors (Lipinski definition) is 3. The van der Waals surface area contributed by atoms with E-state index in [0.29, 0.717) is 11.4 Å². The van der Waals surface area contributed by atoms with Gasteiger partial charge in [-0.05, 0) is 30.7 Å². The Morgan fingerprint density at radius 3 is 2.37 bits per heavy atom. The van der Waals surface area contributed by atoms with Crippen molar-refractivity contribution in [3.05, 3.63) is 64.1 Å². The summed E-state index contributed by atoms with van der Waals surface area (Å²) in [5.41, 5.74) is 1.10. The Balaban J connectivity index is 1.63. The summed E-state index contributed by atoms with van der Waals surface area (Å²) in [7, 11) is 0. The van der Waals surface area contributed by atoms with Gasteiger partial charge in [0.05, 0.1) is 5.60 Å². The average Bonchev–Trinajstić information content (AvgIpc) is 2.68. The average molecular weight is 407 g/mol. The molecule has 0 bridgehead atoms. The van der Waals surface area contributed by atoms with Crippen LogP contribution in [-0.4, -0.2) is 42.7 Å². The summed E-state index contributed by atoms with van der Waals surface area (Å²) >= 11 is 12.5. The molecule has 2 unspecified atom stereocenters. The minimum atomic E-state index is -0.914. The van der Waals surface area contributed by atoms with Crippen LogP contribution in [0.1, 0.15) is 25.8 Å². The molecule has 1 heterocycles. The first-order valence-electron chi connectivity index (χ1n) is 9.64. The number of hydrogen-bond donors (Lipinski definition) is 1. The summed E-state index contributed by atoms with van der Waals surface area (Å²) in [5.74, 6) is 0.0834. The molecule has 3 nitrogen and oxygen atoms in total. The van der Waals surface area contributed by atoms with E-state index >= 15 is 0 Å². The number of nitrogens with zero attached hydrogens (tertiary/aromatic N) is 2. The van der Waals surface area contributed by atoms with Crippen LogP contribution in [0.25, 0.3) is 0 Å². The summed E-state index contributed by atoms with van der Waals surface area (Å²) in [4.78, 5) is 4.80. The van der Waals surface area contributed by atoms with E-state index in [0.717, 1.165) is 43.3 Å². The van der Waals surface area contributed by atoms with Gasteiger partial charge in [0.2, 0.25) is 0 Å². The molecule has 3 rings (SSSR count). The smallest absolute Gasteiger partial charge is 0.0945 e. The highest BCUT2D eigenvalue weighted by Gasteiger charge is 2.36. The molecule has 1 aliphatic heterocycles. The van der Waals surface area contributed by atoms with Gasteiger partial charge < -0.3 is 10.0 Å². The van der Waals surface area contributed by atoms with Gasteiger partial charge in [-0.15, -0.1) is 0 Å². The number of benzene rings is 2. The van der Waals surface area contributed by atoms with E-state index < -0.39 is 5.60 Å². The van der Waals surface area contributed by atoms with Crippen LogP contribution in [-0.2, 0) is 5.60 Å². The van der Waals surface area contributed by atoms with Crippen LogP contribution in [0.2, 0.25) is 10.0 Å². The van der Waals surface area contributed by atoms with Crippen molar-refractivity contribution < 1.29 is 5.11 Å². The molecule has 1 fully saturated rings. The zero-order valence-electron chi connectivity index (χ0n) is 16.0. The van der Waals surface area contributed by atoms with Gasteiger partial charge in [-0.25, -0.2) is 0 Å². The van der Waals surface area contributed by atoms with Gasteiger partial charge in [-0.3, -0.25) is 4.90 Å². The molecular weight excluding hydrogens is 379 g/mol. The molecule has 0 aliphatic carbocycles. The van der Waals surface area contributed by atoms with Gasteiger partial charge in [0.15, 0.2) is 0 Å². The van der Waals surface area contributed by atoms with Crippen molar-refractivity contribution in [2.24, 2.45) is 5.92 Å². The molecule has 2 aromatic rings. The van der Waals surface area contributed by atoms with Crippen molar-refractivity contribution in [3.8, 4) is 0 Å². The maximum Gasteiger partial charge on any atom is 0.0945 e. The van der Waals surface area contributed by atoms with E-state index in [9.17, 15) is 5.11 Å². The molecular formula is C22H28Cl2N2O. The second-order valence-corrected chi connectivity index (χ2v) is 8.27. The van der Waals surface area contributed by atoms with E-state index in [-0.39, 0.29) is 5.92 Å². The van der Waals surface area contributed by atoms with Gasteiger partial charge in [-0.1, -0.05) is 61.3 Å². The SMILES string of the molecule is CCC(O)(c1ccccc1Cl)C(C)CN1CCN(c2cccc(Cl)c2)CC1. The lowest BCUT2D eigenvalue weighted by Crippen LogP contribution is -2.50. The summed E-state index contributed by atoms with van der Waals surface area (Å²) in [6.07, 6.45) is 0.639. The molecule has 0 aromatic heterocycles. The molecule has 0 radical (unpaired) electrons. The van der Waals surface area contributed by atoms with Crippen LogP contribution in [0.3, 0.4) is 0 Å². The summed E-state index contributed by atoms with van der Waals surface area (Å²) < 4.78 is 0. The van der Waals surface area contributed by atoms with E-state index in [1.165, 1.54) is 5.69 Å². The summed E-state index contributed by atoms with van der Waals surface area (Å²) in [6.45, 7) is 8.86. The molecule has 1 N–H and O–H groups in total. The number of rotatable bonds is 6. The van der Waals surface area contributed by atoms with Gasteiger partial charge >= 0.3 is 0 Å². The molecule has 2 aromatic carbocycles. The first-order valence-corrected chi connectivity index (χ1v) is 10.4. The van der Waals surface area contributed by atoms with Crippen molar-refractivity contribution >= 4 is 28.9 Å². The first kappa shape index (κ1) is 20.5. The normalized spacial score (nSPS) is 18.9. The van der Waals surface area contributed by atoms with E-state index in [1.54, 1.807) is 0 Å². The number of piperazine rings is 1. The standard InChI is InChI=1S/C22H28Cl2N2O/c1-3-22(27,20-9-4-5-10-21(20)24)17(2)16-25-11-13-26(14-12-25)19-8-6-7-18(23)15-19/h4-10,15,17,27H,3,11-14,16H2,1-2H3. The van der Waals surface area contributed by atoms with Crippen molar-refractivity contribution in [2.75, 3.05) is 37.6 Å². The number of aliphatic hydroxyl groups is 1. The molecule has 5 heteroatoms. The highest BCUT2D eigenvalue weighted by atomic mass is 35.5. The Hall–Kier alpha value is -1.26. The van der Waals surface area contributed by atoms with Gasteiger partial charge in [0, 0.05) is 59.9 Å². The fraction of sp³-hybridized carbons (Fsp3) is 0.455. The molecule has 1 saturated heterocycles. The maximum atomic E-state index is 11.4. The second kappa shape index (κ2) is 8.83. The highest BCUT2D eigenvalue weighted by Crippen LogP contribution is 2.37. The lowest BCUT2D eigenvalue weighted by Gasteiger charge is -2.41. The highest BCUT2D eigenvalue weighted by molar-refractivity contribution is 6.31. The van der Waals surface area contributed by atoms with Crippen molar-refractivity contribution in [3.63, 3.8) is 0 Å². The molecule has 146 valence electrons. The number of halogens is 2. The fourth-order valence-corrected chi connectivity index (χ4v) is 4.50. The minimum absolute atomic E-state index is 0.0834. The van der Waals surface area contributed by atoms with Crippen LogP contribution in [0.4, 0.5) is 5.69 Å². The van der Waals surface area contributed by atoms with Crippen LogP contribution >= 0.6 is 23.2 Å². The fourth-order valence-electron chi connectivity index (χ4n) is 4.02. The zero-order valence-corrected chi connectivity index (χ0v) is 17.5. The molecule has 0 saturated carbocycles. The predicted octanol–water partition coefficient (Wildman–Crippen LogP) is 5.05. The molecule has 0 spiro atoms. The van der Waals surface area contributed by atoms with Crippen molar-refractivity contribution in [1.82, 2.24) is 4.90 Å². The van der Waals surface area contributed by atoms with E-state index in [2.05, 4.69) is 22.8 Å². The third kappa shape index (κ3) is 4.60. The lowest BCUT2D eigenvalue weighted by atomic mass is 9.80. The van der Waals surface area contributed by atoms with Crippen molar-refractivity contribution in [1.29, 1.82) is 0 Å². The van der Waals surface area contributed by atoms with Crippen LogP contribution < -0.4 is 4.90 Å². The topological polar surface area (TPSA) is 26.7 Å². The van der Waals surface area contributed by atoms with Crippen LogP contribution in [0, 0.1) is 5.92 Å². The Labute approximate surface area is 172 Å². The minimum Gasteiger partial charge on any atom is -0.385 e. The molecule has 27 heavy (non-hydrogen) atoms. The van der Waals surface area contributed by atoms with E-state index in [4.69, 9.17) is 23.2 Å². The van der Waals surface area contributed by atoms with Gasteiger partial charge in [-0.2, -0.15) is 0 Å². The Bertz CT molecular complexity index is 761. The number of anilines is 1. The molecule has 1 aliphatic rings. The quantitative estimate of drug-likeness (QED) is 0.726. The maximum absolute atomic E-state index is 11.4. The van der Waals surface area contributed by atoms with Crippen LogP contribution in [0.15, 0.2) is 48.5 Å². The third-order valence-corrected chi connectivity index (χ3v) is 6.34. The summed E-state index contributed by atoms with van der Waals surface area (Å²) in [5, 5.41) is 12.8. The second-order valence-electron chi connectivity index (χ2n) is 7.43. The first-order chi connectivity index (χ1) is 12.9. The molecule has 0 amide bonds. The Morgan fingerprint density at radius 2 is 1.74 bits per heavy atom. The van der Waals surface area contributed by atoms with Crippen LogP contribution in [0.5, 0.6) is 0 Å². The van der Waals surface area contributed by atoms with Gasteiger partial charge in [0.25, 0.3) is 0 Å². The zero-order chi connectivity index (χ0) is 19.4. The van der Waals surface area contributed by atoms with E-state index in [1.807, 2.05) is 49.4 Å². The molecule has 2 atom stereocenters. The lowest BCUT2D eigenvalue weighted by molar-refractivity contribution is -0.0338. The predicted molar refractivity (Wildman–Crippen MR) is 115 cm³/mol. The van der Waals surface area contributed by atoms with Gasteiger partial charge in [0.1, 0.15) is 0 Å². The largest absolute Gasteiger partial charge is 0.385 e.